The van der Waals surface area contributed by atoms with Gasteiger partial charge in [0, 0.05) is 19.2 Å². The van der Waals surface area contributed by atoms with Crippen LogP contribution in [-0.2, 0) is 23.2 Å². The third-order valence-electron chi connectivity index (χ3n) is 4.01. The lowest BCUT2D eigenvalue weighted by Crippen LogP contribution is -2.07. The number of aromatic nitrogens is 5. The number of aryl methyl sites for hydroxylation is 1. The van der Waals surface area contributed by atoms with Gasteiger partial charge in [-0.05, 0) is 29.7 Å². The standard InChI is InChI=1S/C15H15N5O2/c1-20-7-10(6-16-20)11-5-12(11)15(21)22-8-9-2-3-13-14(4-9)18-19-17-13/h2-4,6-7,11-12H,5,8H2,1H3,(H,17,18,19)/t11-,12-/m0/s1. The lowest BCUT2D eigenvalue weighted by molar-refractivity contribution is -0.146. The highest BCUT2D eigenvalue weighted by Crippen LogP contribution is 2.48. The van der Waals surface area contributed by atoms with Gasteiger partial charge >= 0.3 is 5.97 Å². The topological polar surface area (TPSA) is 85.7 Å². The van der Waals surface area contributed by atoms with Gasteiger partial charge in [-0.15, -0.1) is 0 Å². The fraction of sp³-hybridized carbons (Fsp3) is 0.333. The van der Waals surface area contributed by atoms with Crippen molar-refractivity contribution in [2.75, 3.05) is 0 Å². The number of carbonyl (C=O) groups is 1. The van der Waals surface area contributed by atoms with E-state index in [9.17, 15) is 4.79 Å². The number of H-pyrrole nitrogens is 1. The summed E-state index contributed by atoms with van der Waals surface area (Å²) in [6.07, 6.45) is 4.61. The van der Waals surface area contributed by atoms with Crippen LogP contribution in [0.25, 0.3) is 11.0 Å². The monoisotopic (exact) mass is 297 g/mol. The molecule has 2 heterocycles. The zero-order chi connectivity index (χ0) is 15.1. The van der Waals surface area contributed by atoms with Gasteiger partial charge in [-0.1, -0.05) is 6.07 Å². The molecule has 2 aromatic heterocycles. The molecule has 22 heavy (non-hydrogen) atoms. The largest absolute Gasteiger partial charge is 0.461 e. The minimum absolute atomic E-state index is 0.0417. The summed E-state index contributed by atoms with van der Waals surface area (Å²) in [6.45, 7) is 0.262. The molecule has 1 fully saturated rings. The molecule has 4 rings (SSSR count). The Labute approximate surface area is 126 Å². The number of hydrogen-bond acceptors (Lipinski definition) is 5. The van der Waals surface area contributed by atoms with E-state index in [0.717, 1.165) is 28.6 Å². The molecule has 1 saturated carbocycles. The average Bonchev–Trinajstić information content (AvgIpc) is 2.97. The Morgan fingerprint density at radius 3 is 3.09 bits per heavy atom. The molecule has 1 aromatic carbocycles. The summed E-state index contributed by atoms with van der Waals surface area (Å²) in [4.78, 5) is 12.1. The van der Waals surface area contributed by atoms with E-state index in [1.807, 2.05) is 37.6 Å². The lowest BCUT2D eigenvalue weighted by atomic mass is 10.2. The molecule has 112 valence electrons. The molecule has 7 heteroatoms. The molecule has 0 spiro atoms. The molecular weight excluding hydrogens is 282 g/mol. The van der Waals surface area contributed by atoms with Gasteiger partial charge in [-0.3, -0.25) is 9.48 Å². The van der Waals surface area contributed by atoms with Crippen molar-refractivity contribution < 1.29 is 9.53 Å². The smallest absolute Gasteiger partial charge is 0.309 e. The second-order valence-corrected chi connectivity index (χ2v) is 5.65. The van der Waals surface area contributed by atoms with Crippen molar-refractivity contribution in [1.29, 1.82) is 0 Å². The zero-order valence-electron chi connectivity index (χ0n) is 12.1. The summed E-state index contributed by atoms with van der Waals surface area (Å²) in [7, 11) is 1.87. The van der Waals surface area contributed by atoms with Crippen LogP contribution in [0.4, 0.5) is 0 Å². The fourth-order valence-electron chi connectivity index (χ4n) is 2.69. The fourth-order valence-corrected chi connectivity index (χ4v) is 2.69. The molecule has 0 bridgehead atoms. The van der Waals surface area contributed by atoms with Crippen molar-refractivity contribution in [2.24, 2.45) is 13.0 Å². The quantitative estimate of drug-likeness (QED) is 0.738. The summed E-state index contributed by atoms with van der Waals surface area (Å²) >= 11 is 0. The van der Waals surface area contributed by atoms with Gasteiger partial charge in [-0.25, -0.2) is 0 Å². The maximum atomic E-state index is 12.1. The Hall–Kier alpha value is -2.70. The van der Waals surface area contributed by atoms with Crippen LogP contribution in [0, 0.1) is 5.92 Å². The summed E-state index contributed by atoms with van der Waals surface area (Å²) in [5.41, 5.74) is 3.59. The minimum Gasteiger partial charge on any atom is -0.461 e. The number of nitrogens with zero attached hydrogens (tertiary/aromatic N) is 4. The van der Waals surface area contributed by atoms with E-state index in [4.69, 9.17) is 4.74 Å². The predicted octanol–water partition coefficient (Wildman–Crippen LogP) is 1.54. The molecule has 0 radical (unpaired) electrons. The van der Waals surface area contributed by atoms with E-state index < -0.39 is 0 Å². The highest BCUT2D eigenvalue weighted by atomic mass is 16.5. The number of ether oxygens (including phenoxy) is 1. The maximum Gasteiger partial charge on any atom is 0.309 e. The maximum absolute atomic E-state index is 12.1. The van der Waals surface area contributed by atoms with Crippen molar-refractivity contribution in [3.05, 3.63) is 41.7 Å². The molecule has 2 atom stereocenters. The summed E-state index contributed by atoms with van der Waals surface area (Å²) in [5, 5.41) is 14.7. The van der Waals surface area contributed by atoms with Crippen molar-refractivity contribution in [1.82, 2.24) is 25.2 Å². The SMILES string of the molecule is Cn1cc([C@@H]2C[C@@H]2C(=O)OCc2ccc3n[nH]nc3c2)cn1. The van der Waals surface area contributed by atoms with E-state index in [0.29, 0.717) is 0 Å². The number of rotatable bonds is 4. The first-order valence-corrected chi connectivity index (χ1v) is 7.15. The van der Waals surface area contributed by atoms with Crippen molar-refractivity contribution in [3.8, 4) is 0 Å². The third kappa shape index (κ3) is 2.34. The highest BCUT2D eigenvalue weighted by Gasteiger charge is 2.45. The van der Waals surface area contributed by atoms with Crippen molar-refractivity contribution in [3.63, 3.8) is 0 Å². The van der Waals surface area contributed by atoms with Crippen LogP contribution in [-0.4, -0.2) is 31.2 Å². The Balaban J connectivity index is 1.37. The van der Waals surface area contributed by atoms with Gasteiger partial charge in [0.15, 0.2) is 0 Å². The van der Waals surface area contributed by atoms with E-state index in [2.05, 4.69) is 20.5 Å². The van der Waals surface area contributed by atoms with E-state index in [1.54, 1.807) is 4.68 Å². The van der Waals surface area contributed by atoms with Crippen LogP contribution in [0.3, 0.4) is 0 Å². The molecule has 1 aliphatic rings. The van der Waals surface area contributed by atoms with Gasteiger partial charge in [0.05, 0.1) is 12.1 Å². The van der Waals surface area contributed by atoms with Gasteiger partial charge in [0.1, 0.15) is 17.6 Å². The Morgan fingerprint density at radius 2 is 2.27 bits per heavy atom. The molecule has 0 saturated heterocycles. The van der Waals surface area contributed by atoms with Crippen LogP contribution in [0.1, 0.15) is 23.5 Å². The summed E-state index contributed by atoms with van der Waals surface area (Å²) in [6, 6.07) is 5.62. The molecule has 0 aliphatic heterocycles. The number of benzene rings is 1. The van der Waals surface area contributed by atoms with E-state index >= 15 is 0 Å². The summed E-state index contributed by atoms with van der Waals surface area (Å²) < 4.78 is 7.16. The molecule has 0 unspecified atom stereocenters. The second kappa shape index (κ2) is 4.94. The predicted molar refractivity (Wildman–Crippen MR) is 77.7 cm³/mol. The van der Waals surface area contributed by atoms with Crippen LogP contribution in [0.15, 0.2) is 30.6 Å². The van der Waals surface area contributed by atoms with Crippen LogP contribution in [0.5, 0.6) is 0 Å². The number of fused-ring (bicyclic) bond motifs is 1. The minimum atomic E-state index is -0.144. The van der Waals surface area contributed by atoms with E-state index in [-0.39, 0.29) is 24.4 Å². The highest BCUT2D eigenvalue weighted by molar-refractivity contribution is 5.77. The number of carbonyl (C=O) groups excluding carboxylic acids is 1. The Bertz CT molecular complexity index is 837. The zero-order valence-corrected chi connectivity index (χ0v) is 12.1. The third-order valence-corrected chi connectivity index (χ3v) is 4.01. The summed E-state index contributed by atoms with van der Waals surface area (Å²) in [5.74, 6) is 0.0632. The molecule has 7 nitrogen and oxygen atoms in total. The molecular formula is C15H15N5O2. The molecule has 1 aliphatic carbocycles. The van der Waals surface area contributed by atoms with Gasteiger partial charge in [0.2, 0.25) is 0 Å². The molecule has 0 amide bonds. The number of aromatic amines is 1. The Morgan fingerprint density at radius 1 is 1.41 bits per heavy atom. The van der Waals surface area contributed by atoms with Gasteiger partial charge < -0.3 is 4.74 Å². The average molecular weight is 297 g/mol. The first kappa shape index (κ1) is 13.0. The van der Waals surface area contributed by atoms with Gasteiger partial charge in [0.25, 0.3) is 0 Å². The lowest BCUT2D eigenvalue weighted by Gasteiger charge is -2.04. The first-order chi connectivity index (χ1) is 10.7. The van der Waals surface area contributed by atoms with Crippen molar-refractivity contribution >= 4 is 17.0 Å². The molecule has 1 N–H and O–H groups in total. The normalized spacial score (nSPS) is 20.2. The number of hydrogen-bond donors (Lipinski definition) is 1. The Kier molecular flexibility index (Phi) is 2.92. The van der Waals surface area contributed by atoms with Gasteiger partial charge in [-0.2, -0.15) is 20.5 Å². The van der Waals surface area contributed by atoms with Crippen molar-refractivity contribution in [2.45, 2.75) is 18.9 Å². The first-order valence-electron chi connectivity index (χ1n) is 7.15. The number of nitrogens with one attached hydrogen (secondary N) is 1. The van der Waals surface area contributed by atoms with Crippen LogP contribution < -0.4 is 0 Å². The van der Waals surface area contributed by atoms with Crippen LogP contribution >= 0.6 is 0 Å². The van der Waals surface area contributed by atoms with Crippen LogP contribution in [0.2, 0.25) is 0 Å². The van der Waals surface area contributed by atoms with E-state index in [1.165, 1.54) is 0 Å². The molecule has 3 aromatic rings. The second-order valence-electron chi connectivity index (χ2n) is 5.65. The number of esters is 1.